The zero-order valence-electron chi connectivity index (χ0n) is 20.9. The fourth-order valence-corrected chi connectivity index (χ4v) is 5.01. The SMILES string of the molecule is CC(C)c1ccc(N2C(=O)C(Cl)=C(Nc3ccc(C(=O)Nc4nc(-c5ccc(Cl)cc5)cs4)cc3)C2=O)cc1. The number of halogens is 2. The minimum atomic E-state index is -0.598. The molecule has 0 saturated carbocycles. The Bertz CT molecular complexity index is 1600. The van der Waals surface area contributed by atoms with Gasteiger partial charge in [-0.1, -0.05) is 61.3 Å². The van der Waals surface area contributed by atoms with Crippen molar-refractivity contribution in [1.82, 2.24) is 4.98 Å². The van der Waals surface area contributed by atoms with Crippen molar-refractivity contribution >= 4 is 68.8 Å². The van der Waals surface area contributed by atoms with Crippen molar-refractivity contribution < 1.29 is 14.4 Å². The van der Waals surface area contributed by atoms with Gasteiger partial charge >= 0.3 is 0 Å². The van der Waals surface area contributed by atoms with Gasteiger partial charge in [-0.3, -0.25) is 19.7 Å². The van der Waals surface area contributed by atoms with E-state index < -0.39 is 11.8 Å². The molecule has 196 valence electrons. The molecule has 0 unspecified atom stereocenters. The molecule has 1 aliphatic rings. The Morgan fingerprint density at radius 1 is 0.897 bits per heavy atom. The average Bonchev–Trinajstić information content (AvgIpc) is 3.48. The Labute approximate surface area is 239 Å². The van der Waals surface area contributed by atoms with Crippen LogP contribution in [0.3, 0.4) is 0 Å². The Hall–Kier alpha value is -3.98. The van der Waals surface area contributed by atoms with Crippen LogP contribution < -0.4 is 15.5 Å². The van der Waals surface area contributed by atoms with Gasteiger partial charge in [-0.15, -0.1) is 11.3 Å². The van der Waals surface area contributed by atoms with Gasteiger partial charge in [0.15, 0.2) is 5.13 Å². The number of anilines is 3. The minimum absolute atomic E-state index is 0.0238. The summed E-state index contributed by atoms with van der Waals surface area (Å²) in [4.78, 5) is 44.1. The number of carbonyl (C=O) groups excluding carboxylic acids is 3. The van der Waals surface area contributed by atoms with E-state index in [1.807, 2.05) is 29.6 Å². The van der Waals surface area contributed by atoms with Crippen LogP contribution in [0.2, 0.25) is 5.02 Å². The lowest BCUT2D eigenvalue weighted by molar-refractivity contribution is -0.120. The smallest absolute Gasteiger partial charge is 0.283 e. The first-order valence-electron chi connectivity index (χ1n) is 12.0. The van der Waals surface area contributed by atoms with Crippen molar-refractivity contribution in [2.24, 2.45) is 0 Å². The molecule has 7 nitrogen and oxygen atoms in total. The standard InChI is InChI=1S/C29H22Cl2N4O3S/c1-16(2)17-7-13-22(14-8-17)35-27(37)24(31)25(28(35)38)32-21-11-5-19(6-12-21)26(36)34-29-33-23(15-39-29)18-3-9-20(30)10-4-18/h3-16,32H,1-2H3,(H,33,34,36). The topological polar surface area (TPSA) is 91.4 Å². The van der Waals surface area contributed by atoms with Crippen molar-refractivity contribution in [2.45, 2.75) is 19.8 Å². The minimum Gasteiger partial charge on any atom is -0.350 e. The van der Waals surface area contributed by atoms with Gasteiger partial charge in [0.1, 0.15) is 10.7 Å². The van der Waals surface area contributed by atoms with E-state index >= 15 is 0 Å². The molecule has 10 heteroatoms. The number of nitrogens with zero attached hydrogens (tertiary/aromatic N) is 2. The van der Waals surface area contributed by atoms with E-state index in [0.29, 0.717) is 33.0 Å². The zero-order valence-corrected chi connectivity index (χ0v) is 23.2. The third-order valence-electron chi connectivity index (χ3n) is 6.13. The van der Waals surface area contributed by atoms with E-state index in [0.717, 1.165) is 21.7 Å². The van der Waals surface area contributed by atoms with E-state index in [9.17, 15) is 14.4 Å². The van der Waals surface area contributed by atoms with Crippen LogP contribution in [0.25, 0.3) is 11.3 Å². The third-order valence-corrected chi connectivity index (χ3v) is 7.49. The number of thiazole rings is 1. The average molecular weight is 577 g/mol. The highest BCUT2D eigenvalue weighted by Gasteiger charge is 2.39. The van der Waals surface area contributed by atoms with Gasteiger partial charge in [0.25, 0.3) is 17.7 Å². The van der Waals surface area contributed by atoms with Crippen LogP contribution in [-0.2, 0) is 9.59 Å². The van der Waals surface area contributed by atoms with E-state index in [4.69, 9.17) is 23.2 Å². The van der Waals surface area contributed by atoms with Crippen LogP contribution in [0.5, 0.6) is 0 Å². The number of imide groups is 1. The normalized spacial score (nSPS) is 13.4. The number of amides is 3. The lowest BCUT2D eigenvalue weighted by Gasteiger charge is -2.16. The second-order valence-electron chi connectivity index (χ2n) is 9.08. The number of carbonyl (C=O) groups is 3. The predicted molar refractivity (Wildman–Crippen MR) is 156 cm³/mol. The molecule has 0 saturated heterocycles. The highest BCUT2D eigenvalue weighted by molar-refractivity contribution is 7.14. The molecule has 4 aromatic rings. The Balaban J connectivity index is 1.25. The Morgan fingerprint density at radius 2 is 1.56 bits per heavy atom. The zero-order chi connectivity index (χ0) is 27.7. The molecule has 39 heavy (non-hydrogen) atoms. The van der Waals surface area contributed by atoms with E-state index in [1.165, 1.54) is 11.3 Å². The van der Waals surface area contributed by atoms with Gasteiger partial charge in [-0.2, -0.15) is 0 Å². The Kier molecular flexibility index (Phi) is 7.52. The summed E-state index contributed by atoms with van der Waals surface area (Å²) in [7, 11) is 0. The summed E-state index contributed by atoms with van der Waals surface area (Å²) in [6.07, 6.45) is 0. The number of nitrogens with one attached hydrogen (secondary N) is 2. The van der Waals surface area contributed by atoms with Gasteiger partial charge in [0.05, 0.1) is 11.4 Å². The lowest BCUT2D eigenvalue weighted by atomic mass is 10.0. The first-order chi connectivity index (χ1) is 18.7. The fourth-order valence-electron chi connectivity index (χ4n) is 3.96. The number of benzene rings is 3. The first kappa shape index (κ1) is 26.6. The molecule has 3 amide bonds. The van der Waals surface area contributed by atoms with Crippen LogP contribution >= 0.6 is 34.5 Å². The van der Waals surface area contributed by atoms with Crippen molar-refractivity contribution in [2.75, 3.05) is 15.5 Å². The highest BCUT2D eigenvalue weighted by Crippen LogP contribution is 2.31. The molecule has 2 heterocycles. The van der Waals surface area contributed by atoms with Crippen LogP contribution in [0.15, 0.2) is 88.9 Å². The molecule has 0 bridgehead atoms. The van der Waals surface area contributed by atoms with Gasteiger partial charge in [0.2, 0.25) is 0 Å². The number of hydrogen-bond donors (Lipinski definition) is 2. The maximum absolute atomic E-state index is 13.1. The molecule has 0 fully saturated rings. The number of rotatable bonds is 7. The number of hydrogen-bond acceptors (Lipinski definition) is 6. The second-order valence-corrected chi connectivity index (χ2v) is 10.8. The second kappa shape index (κ2) is 11.0. The third kappa shape index (κ3) is 5.59. The summed E-state index contributed by atoms with van der Waals surface area (Å²) >= 11 is 13.5. The van der Waals surface area contributed by atoms with Gasteiger partial charge < -0.3 is 5.32 Å². The van der Waals surface area contributed by atoms with Crippen molar-refractivity contribution in [3.05, 3.63) is 105 Å². The van der Waals surface area contributed by atoms with Crippen molar-refractivity contribution in [1.29, 1.82) is 0 Å². The largest absolute Gasteiger partial charge is 0.350 e. The van der Waals surface area contributed by atoms with E-state index in [1.54, 1.807) is 48.5 Å². The summed E-state index contributed by atoms with van der Waals surface area (Å²) in [5.41, 5.74) is 4.03. The summed E-state index contributed by atoms with van der Waals surface area (Å²) in [5.74, 6) is -1.16. The molecule has 5 rings (SSSR count). The van der Waals surface area contributed by atoms with Gasteiger partial charge in [-0.25, -0.2) is 9.88 Å². The van der Waals surface area contributed by atoms with Gasteiger partial charge in [0, 0.05) is 27.2 Å². The summed E-state index contributed by atoms with van der Waals surface area (Å²) < 4.78 is 0. The molecule has 0 radical (unpaired) electrons. The van der Waals surface area contributed by atoms with Crippen LogP contribution in [0.4, 0.5) is 16.5 Å². The molecule has 0 atom stereocenters. The molecule has 1 aliphatic heterocycles. The molecule has 0 aliphatic carbocycles. The monoisotopic (exact) mass is 576 g/mol. The predicted octanol–water partition coefficient (Wildman–Crippen LogP) is 7.27. The highest BCUT2D eigenvalue weighted by atomic mass is 35.5. The van der Waals surface area contributed by atoms with Crippen LogP contribution in [-0.4, -0.2) is 22.7 Å². The molecule has 1 aromatic heterocycles. The quantitative estimate of drug-likeness (QED) is 0.226. The van der Waals surface area contributed by atoms with Crippen molar-refractivity contribution in [3.63, 3.8) is 0 Å². The van der Waals surface area contributed by atoms with E-state index in [2.05, 4.69) is 29.5 Å². The molecule has 3 aromatic carbocycles. The maximum Gasteiger partial charge on any atom is 0.283 e. The molecule has 2 N–H and O–H groups in total. The van der Waals surface area contributed by atoms with E-state index in [-0.39, 0.29) is 16.6 Å². The first-order valence-corrected chi connectivity index (χ1v) is 13.6. The molecule has 0 spiro atoms. The van der Waals surface area contributed by atoms with Crippen LogP contribution in [0.1, 0.15) is 35.7 Å². The summed E-state index contributed by atoms with van der Waals surface area (Å²) in [5, 5.41) is 8.47. The maximum atomic E-state index is 13.1. The molecular weight excluding hydrogens is 555 g/mol. The fraction of sp³-hybridized carbons (Fsp3) is 0.103. The Morgan fingerprint density at radius 3 is 2.21 bits per heavy atom. The lowest BCUT2D eigenvalue weighted by Crippen LogP contribution is -2.32. The van der Waals surface area contributed by atoms with Gasteiger partial charge in [-0.05, 0) is 60.0 Å². The number of aromatic nitrogens is 1. The molecular formula is C29H22Cl2N4O3S. The van der Waals surface area contributed by atoms with Crippen molar-refractivity contribution in [3.8, 4) is 11.3 Å². The summed E-state index contributed by atoms with van der Waals surface area (Å²) in [6.45, 7) is 4.13. The van der Waals surface area contributed by atoms with Crippen LogP contribution in [0, 0.1) is 0 Å². The summed E-state index contributed by atoms with van der Waals surface area (Å²) in [6, 6.07) is 21.0.